The van der Waals surface area contributed by atoms with Gasteiger partial charge in [0.25, 0.3) is 0 Å². The van der Waals surface area contributed by atoms with Gasteiger partial charge < -0.3 is 15.2 Å². The van der Waals surface area contributed by atoms with E-state index in [9.17, 15) is 4.79 Å². The largest absolute Gasteiger partial charge is 0.339 e. The minimum absolute atomic E-state index is 0.213. The molecule has 1 amide bonds. The van der Waals surface area contributed by atoms with Gasteiger partial charge in [-0.3, -0.25) is 4.79 Å². The molecule has 0 aliphatic carbocycles. The molecular weight excluding hydrogens is 198 g/mol. The van der Waals surface area contributed by atoms with E-state index >= 15 is 0 Å². The van der Waals surface area contributed by atoms with Crippen LogP contribution in [0.25, 0.3) is 0 Å². The van der Waals surface area contributed by atoms with Crippen molar-refractivity contribution >= 4 is 23.9 Å². The predicted octanol–water partition coefficient (Wildman–Crippen LogP) is 0.143. The Hall–Kier alpha value is -0.550. The smallest absolute Gasteiger partial charge is 0.232 e. The van der Waals surface area contributed by atoms with Crippen molar-refractivity contribution in [2.75, 3.05) is 44.7 Å². The lowest BCUT2D eigenvalue weighted by atomic mass is 10.3. The second-order valence-electron chi connectivity index (χ2n) is 3.40. The number of piperazine rings is 1. The van der Waals surface area contributed by atoms with Gasteiger partial charge in [-0.05, 0) is 7.05 Å². The molecule has 0 spiro atoms. The molecule has 1 heterocycles. The summed E-state index contributed by atoms with van der Waals surface area (Å²) >= 11 is 1.51. The highest BCUT2D eigenvalue weighted by atomic mass is 32.2. The molecule has 5 heteroatoms. The molecule has 80 valence electrons. The van der Waals surface area contributed by atoms with Crippen LogP contribution in [0.3, 0.4) is 0 Å². The molecule has 1 saturated heterocycles. The third kappa shape index (κ3) is 3.67. The Morgan fingerprint density at radius 1 is 1.43 bits per heavy atom. The van der Waals surface area contributed by atoms with Crippen molar-refractivity contribution in [1.82, 2.24) is 9.80 Å². The van der Waals surface area contributed by atoms with Gasteiger partial charge in [0.2, 0.25) is 5.91 Å². The summed E-state index contributed by atoms with van der Waals surface area (Å²) in [7, 11) is 2.08. The Morgan fingerprint density at radius 2 is 2.07 bits per heavy atom. The average molecular weight is 215 g/mol. The van der Waals surface area contributed by atoms with Gasteiger partial charge in [-0.2, -0.15) is 0 Å². The van der Waals surface area contributed by atoms with Crippen LogP contribution in [-0.2, 0) is 4.79 Å². The Morgan fingerprint density at radius 3 is 2.64 bits per heavy atom. The molecule has 0 saturated carbocycles. The highest BCUT2D eigenvalue weighted by Gasteiger charge is 2.18. The maximum atomic E-state index is 11.6. The van der Waals surface area contributed by atoms with E-state index in [1.54, 1.807) is 0 Å². The highest BCUT2D eigenvalue weighted by molar-refractivity contribution is 8.00. The molecule has 0 aromatic carbocycles. The first-order valence-corrected chi connectivity index (χ1v) is 5.92. The Labute approximate surface area is 89.1 Å². The molecule has 1 N–H and O–H groups in total. The van der Waals surface area contributed by atoms with Crippen LogP contribution >= 0.6 is 11.8 Å². The number of amides is 1. The van der Waals surface area contributed by atoms with Gasteiger partial charge in [-0.1, -0.05) is 0 Å². The van der Waals surface area contributed by atoms with Gasteiger partial charge in [0.05, 0.1) is 5.75 Å². The molecule has 0 aromatic rings. The minimum Gasteiger partial charge on any atom is -0.339 e. The van der Waals surface area contributed by atoms with E-state index in [0.717, 1.165) is 26.2 Å². The molecule has 1 fully saturated rings. The third-order valence-corrected chi connectivity index (χ3v) is 3.14. The second kappa shape index (κ2) is 6.03. The topological polar surface area (TPSA) is 47.4 Å². The van der Waals surface area contributed by atoms with Crippen LogP contribution in [0.4, 0.5) is 0 Å². The number of hydrogen-bond acceptors (Lipinski definition) is 4. The second-order valence-corrected chi connectivity index (χ2v) is 4.43. The summed E-state index contributed by atoms with van der Waals surface area (Å²) in [6, 6.07) is 0. The molecule has 0 radical (unpaired) electrons. The summed E-state index contributed by atoms with van der Waals surface area (Å²) in [5, 5.41) is 6.84. The van der Waals surface area contributed by atoms with Gasteiger partial charge in [0.1, 0.15) is 0 Å². The lowest BCUT2D eigenvalue weighted by molar-refractivity contribution is -0.129. The standard InChI is InChI=1S/C9H17N3OS/c1-11-3-5-12(6-4-11)9(13)8-14-7-2-10/h2,10H,3-8H2,1H3. The molecule has 1 aliphatic heterocycles. The lowest BCUT2D eigenvalue weighted by Gasteiger charge is -2.32. The maximum Gasteiger partial charge on any atom is 0.232 e. The normalized spacial score (nSPS) is 18.2. The fourth-order valence-corrected chi connectivity index (χ4v) is 1.95. The van der Waals surface area contributed by atoms with E-state index in [1.807, 2.05) is 4.90 Å². The molecule has 14 heavy (non-hydrogen) atoms. The minimum atomic E-state index is 0.213. The summed E-state index contributed by atoms with van der Waals surface area (Å²) in [4.78, 5) is 15.7. The van der Waals surface area contributed by atoms with Gasteiger partial charge >= 0.3 is 0 Å². The first-order chi connectivity index (χ1) is 6.74. The van der Waals surface area contributed by atoms with Gasteiger partial charge in [-0.25, -0.2) is 0 Å². The first-order valence-electron chi connectivity index (χ1n) is 4.77. The molecule has 0 atom stereocenters. The summed E-state index contributed by atoms with van der Waals surface area (Å²) in [5.74, 6) is 1.36. The van der Waals surface area contributed by atoms with Crippen LogP contribution in [0, 0.1) is 5.41 Å². The average Bonchev–Trinajstić information content (AvgIpc) is 2.19. The van der Waals surface area contributed by atoms with Crippen molar-refractivity contribution in [3.63, 3.8) is 0 Å². The number of nitrogens with zero attached hydrogens (tertiary/aromatic N) is 2. The van der Waals surface area contributed by atoms with Crippen LogP contribution in [0.2, 0.25) is 0 Å². The lowest BCUT2D eigenvalue weighted by Crippen LogP contribution is -2.47. The van der Waals surface area contributed by atoms with Crippen LogP contribution in [0.15, 0.2) is 0 Å². The molecule has 1 aliphatic rings. The van der Waals surface area contributed by atoms with Gasteiger partial charge in [0, 0.05) is 38.1 Å². The van der Waals surface area contributed by atoms with Crippen LogP contribution < -0.4 is 0 Å². The van der Waals surface area contributed by atoms with E-state index in [2.05, 4.69) is 11.9 Å². The third-order valence-electron chi connectivity index (χ3n) is 2.28. The predicted molar refractivity (Wildman–Crippen MR) is 60.2 cm³/mol. The zero-order valence-corrected chi connectivity index (χ0v) is 9.35. The Balaban J connectivity index is 2.20. The monoisotopic (exact) mass is 215 g/mol. The molecule has 0 aromatic heterocycles. The van der Waals surface area contributed by atoms with Crippen LogP contribution in [0.1, 0.15) is 0 Å². The maximum absolute atomic E-state index is 11.6. The molecule has 1 rings (SSSR count). The number of likely N-dealkylation sites (N-methyl/N-ethyl adjacent to an activating group) is 1. The van der Waals surface area contributed by atoms with Crippen molar-refractivity contribution in [1.29, 1.82) is 5.41 Å². The Kier molecular flexibility index (Phi) is 4.97. The fraction of sp³-hybridized carbons (Fsp3) is 0.778. The summed E-state index contributed by atoms with van der Waals surface area (Å²) < 4.78 is 0. The fourth-order valence-electron chi connectivity index (χ4n) is 1.35. The van der Waals surface area contributed by atoms with Crippen molar-refractivity contribution in [2.24, 2.45) is 0 Å². The van der Waals surface area contributed by atoms with E-state index in [4.69, 9.17) is 5.41 Å². The van der Waals surface area contributed by atoms with Crippen molar-refractivity contribution < 1.29 is 4.79 Å². The molecule has 0 bridgehead atoms. The SMILES string of the molecule is CN1CCN(C(=O)CSCC=N)CC1. The van der Waals surface area contributed by atoms with E-state index in [-0.39, 0.29) is 5.91 Å². The molecule has 4 nitrogen and oxygen atoms in total. The van der Waals surface area contributed by atoms with Crippen LogP contribution in [0.5, 0.6) is 0 Å². The first kappa shape index (κ1) is 11.5. The summed E-state index contributed by atoms with van der Waals surface area (Å²) in [6.07, 6.45) is 1.34. The zero-order valence-electron chi connectivity index (χ0n) is 8.53. The van der Waals surface area contributed by atoms with Gasteiger partial charge in [0.15, 0.2) is 0 Å². The van der Waals surface area contributed by atoms with Crippen molar-refractivity contribution in [3.8, 4) is 0 Å². The van der Waals surface area contributed by atoms with Gasteiger partial charge in [-0.15, -0.1) is 11.8 Å². The number of nitrogens with one attached hydrogen (secondary N) is 1. The quantitative estimate of drug-likeness (QED) is 0.536. The van der Waals surface area contributed by atoms with E-state index in [0.29, 0.717) is 11.5 Å². The highest BCUT2D eigenvalue weighted by Crippen LogP contribution is 2.04. The Bertz CT molecular complexity index is 202. The number of thioether (sulfide) groups is 1. The summed E-state index contributed by atoms with van der Waals surface area (Å²) in [6.45, 7) is 3.64. The molecular formula is C9H17N3OS. The number of rotatable bonds is 4. The zero-order chi connectivity index (χ0) is 10.4. The molecule has 0 unspecified atom stereocenters. The van der Waals surface area contributed by atoms with Crippen LogP contribution in [-0.4, -0.2) is 66.7 Å². The number of hydrogen-bond donors (Lipinski definition) is 1. The van der Waals surface area contributed by atoms with E-state index in [1.165, 1.54) is 18.0 Å². The number of carbonyl (C=O) groups excluding carboxylic acids is 1. The summed E-state index contributed by atoms with van der Waals surface area (Å²) in [5.41, 5.74) is 0. The van der Waals surface area contributed by atoms with E-state index < -0.39 is 0 Å². The number of carbonyl (C=O) groups is 1. The van der Waals surface area contributed by atoms with Crippen molar-refractivity contribution in [2.45, 2.75) is 0 Å². The van der Waals surface area contributed by atoms with Crippen molar-refractivity contribution in [3.05, 3.63) is 0 Å².